The third-order valence-corrected chi connectivity index (χ3v) is 2.54. The van der Waals surface area contributed by atoms with Crippen LogP contribution < -0.4 is 5.32 Å². The zero-order chi connectivity index (χ0) is 11.7. The van der Waals surface area contributed by atoms with Crippen LogP contribution in [0.25, 0.3) is 0 Å². The summed E-state index contributed by atoms with van der Waals surface area (Å²) >= 11 is 1.72. The van der Waals surface area contributed by atoms with Gasteiger partial charge in [0.25, 0.3) is 0 Å². The Morgan fingerprint density at radius 2 is 2.07 bits per heavy atom. The van der Waals surface area contributed by atoms with Gasteiger partial charge in [-0.2, -0.15) is 24.9 Å². The van der Waals surface area contributed by atoms with Crippen molar-refractivity contribution in [1.29, 1.82) is 0 Å². The second-order valence-corrected chi connectivity index (χ2v) is 4.09. The second kappa shape index (κ2) is 8.24. The number of hydrogen-bond donors (Lipinski definition) is 1. The SMILES string of the molecule is CCC(CSC)NCCOCC(F)(F)F. The molecule has 0 spiro atoms. The number of nitrogens with one attached hydrogen (secondary N) is 1. The molecule has 1 unspecified atom stereocenters. The van der Waals surface area contributed by atoms with E-state index in [0.29, 0.717) is 12.6 Å². The fraction of sp³-hybridized carbons (Fsp3) is 1.00. The molecule has 15 heavy (non-hydrogen) atoms. The van der Waals surface area contributed by atoms with E-state index in [1.807, 2.05) is 13.2 Å². The molecule has 0 fully saturated rings. The van der Waals surface area contributed by atoms with Crippen molar-refractivity contribution in [3.63, 3.8) is 0 Å². The Morgan fingerprint density at radius 1 is 1.40 bits per heavy atom. The molecule has 1 atom stereocenters. The van der Waals surface area contributed by atoms with Crippen LogP contribution in [0.4, 0.5) is 13.2 Å². The predicted molar refractivity (Wildman–Crippen MR) is 57.3 cm³/mol. The molecular weight excluding hydrogens is 227 g/mol. The maximum atomic E-state index is 11.7. The monoisotopic (exact) mass is 245 g/mol. The number of thioether (sulfide) groups is 1. The van der Waals surface area contributed by atoms with Gasteiger partial charge in [0.1, 0.15) is 6.61 Å². The van der Waals surface area contributed by atoms with Crippen LogP contribution in [0.3, 0.4) is 0 Å². The van der Waals surface area contributed by atoms with E-state index in [2.05, 4.69) is 10.1 Å². The van der Waals surface area contributed by atoms with E-state index in [9.17, 15) is 13.2 Å². The van der Waals surface area contributed by atoms with Crippen molar-refractivity contribution in [1.82, 2.24) is 5.32 Å². The molecule has 0 rings (SSSR count). The third-order valence-electron chi connectivity index (χ3n) is 1.81. The van der Waals surface area contributed by atoms with E-state index in [0.717, 1.165) is 12.2 Å². The number of halogens is 3. The summed E-state index contributed by atoms with van der Waals surface area (Å²) in [7, 11) is 0. The van der Waals surface area contributed by atoms with Crippen molar-refractivity contribution >= 4 is 11.8 Å². The summed E-state index contributed by atoms with van der Waals surface area (Å²) < 4.78 is 39.5. The predicted octanol–water partition coefficient (Wildman–Crippen LogP) is 2.30. The number of rotatable bonds is 8. The zero-order valence-corrected chi connectivity index (χ0v) is 9.88. The quantitative estimate of drug-likeness (QED) is 0.663. The molecule has 0 bridgehead atoms. The zero-order valence-electron chi connectivity index (χ0n) is 9.06. The topological polar surface area (TPSA) is 21.3 Å². The maximum absolute atomic E-state index is 11.7. The molecule has 0 heterocycles. The smallest absolute Gasteiger partial charge is 0.371 e. The van der Waals surface area contributed by atoms with Crippen LogP contribution in [-0.2, 0) is 4.74 Å². The molecule has 1 N–H and O–H groups in total. The van der Waals surface area contributed by atoms with Gasteiger partial charge in [-0.3, -0.25) is 0 Å². The normalized spacial score (nSPS) is 14.2. The summed E-state index contributed by atoms with van der Waals surface area (Å²) in [6, 6.07) is 0.356. The van der Waals surface area contributed by atoms with Crippen LogP contribution in [0.2, 0.25) is 0 Å². The summed E-state index contributed by atoms with van der Waals surface area (Å²) in [5, 5.41) is 3.14. The van der Waals surface area contributed by atoms with Crippen molar-refractivity contribution < 1.29 is 17.9 Å². The van der Waals surface area contributed by atoms with Crippen molar-refractivity contribution in [2.75, 3.05) is 31.8 Å². The largest absolute Gasteiger partial charge is 0.411 e. The Bertz CT molecular complexity index is 155. The lowest BCUT2D eigenvalue weighted by Crippen LogP contribution is -2.34. The first-order valence-corrected chi connectivity index (χ1v) is 6.25. The maximum Gasteiger partial charge on any atom is 0.411 e. The van der Waals surface area contributed by atoms with Crippen molar-refractivity contribution in [3.8, 4) is 0 Å². The van der Waals surface area contributed by atoms with Crippen LogP contribution in [-0.4, -0.2) is 44.0 Å². The first-order chi connectivity index (χ1) is 6.99. The summed E-state index contributed by atoms with van der Waals surface area (Å²) in [6.45, 7) is 1.46. The van der Waals surface area contributed by atoms with E-state index in [-0.39, 0.29) is 6.61 Å². The van der Waals surface area contributed by atoms with Gasteiger partial charge in [-0.25, -0.2) is 0 Å². The standard InChI is InChI=1S/C9H18F3NOS/c1-3-8(6-15-2)13-4-5-14-7-9(10,11)12/h8,13H,3-7H2,1-2H3. The Hall–Kier alpha value is 0.0600. The van der Waals surface area contributed by atoms with Gasteiger partial charge in [-0.15, -0.1) is 0 Å². The molecule has 6 heteroatoms. The molecule has 0 aromatic carbocycles. The van der Waals surface area contributed by atoms with Crippen LogP contribution >= 0.6 is 11.8 Å². The van der Waals surface area contributed by atoms with E-state index < -0.39 is 12.8 Å². The van der Waals surface area contributed by atoms with Crippen molar-refractivity contribution in [3.05, 3.63) is 0 Å². The summed E-state index contributed by atoms with van der Waals surface area (Å²) in [5.74, 6) is 0.968. The highest BCUT2D eigenvalue weighted by Crippen LogP contribution is 2.13. The minimum Gasteiger partial charge on any atom is -0.371 e. The molecule has 0 aromatic rings. The Morgan fingerprint density at radius 3 is 2.53 bits per heavy atom. The summed E-state index contributed by atoms with van der Waals surface area (Å²) in [6.07, 6.45) is -1.24. The molecule has 0 aromatic heterocycles. The Labute approximate surface area is 92.9 Å². The second-order valence-electron chi connectivity index (χ2n) is 3.18. The highest BCUT2D eigenvalue weighted by atomic mass is 32.2. The molecule has 0 radical (unpaired) electrons. The van der Waals surface area contributed by atoms with Crippen molar-refractivity contribution in [2.24, 2.45) is 0 Å². The minimum absolute atomic E-state index is 0.102. The molecule has 0 aliphatic heterocycles. The van der Waals surface area contributed by atoms with Gasteiger partial charge in [-0.1, -0.05) is 6.92 Å². The van der Waals surface area contributed by atoms with E-state index in [4.69, 9.17) is 0 Å². The fourth-order valence-electron chi connectivity index (χ4n) is 1.05. The van der Waals surface area contributed by atoms with Crippen LogP contribution in [0, 0.1) is 0 Å². The minimum atomic E-state index is -4.22. The number of hydrogen-bond acceptors (Lipinski definition) is 3. The molecule has 0 saturated heterocycles. The number of ether oxygens (including phenoxy) is 1. The molecule has 0 amide bonds. The first kappa shape index (κ1) is 15.1. The van der Waals surface area contributed by atoms with Gasteiger partial charge in [0.15, 0.2) is 0 Å². The van der Waals surface area contributed by atoms with Crippen LogP contribution in [0.5, 0.6) is 0 Å². The van der Waals surface area contributed by atoms with Gasteiger partial charge in [0.2, 0.25) is 0 Å². The third kappa shape index (κ3) is 10.3. The Balaban J connectivity index is 3.36. The molecule has 2 nitrogen and oxygen atoms in total. The summed E-state index contributed by atoms with van der Waals surface area (Å²) in [4.78, 5) is 0. The highest BCUT2D eigenvalue weighted by Gasteiger charge is 2.27. The van der Waals surface area contributed by atoms with Crippen LogP contribution in [0.15, 0.2) is 0 Å². The van der Waals surface area contributed by atoms with Gasteiger partial charge < -0.3 is 10.1 Å². The lowest BCUT2D eigenvalue weighted by Gasteiger charge is -2.15. The van der Waals surface area contributed by atoms with Crippen molar-refractivity contribution in [2.45, 2.75) is 25.6 Å². The fourth-order valence-corrected chi connectivity index (χ4v) is 1.80. The van der Waals surface area contributed by atoms with Gasteiger partial charge in [-0.05, 0) is 12.7 Å². The average Bonchev–Trinajstić information content (AvgIpc) is 2.14. The summed E-state index contributed by atoms with van der Waals surface area (Å²) in [5.41, 5.74) is 0. The number of alkyl halides is 3. The van der Waals surface area contributed by atoms with E-state index >= 15 is 0 Å². The lowest BCUT2D eigenvalue weighted by atomic mass is 10.2. The van der Waals surface area contributed by atoms with Gasteiger partial charge in [0.05, 0.1) is 6.61 Å². The molecule has 0 aliphatic rings. The lowest BCUT2D eigenvalue weighted by molar-refractivity contribution is -0.173. The van der Waals surface area contributed by atoms with Gasteiger partial charge >= 0.3 is 6.18 Å². The molecular formula is C9H18F3NOS. The Kier molecular flexibility index (Phi) is 8.27. The average molecular weight is 245 g/mol. The molecule has 0 saturated carbocycles. The van der Waals surface area contributed by atoms with E-state index in [1.165, 1.54) is 0 Å². The van der Waals surface area contributed by atoms with Crippen LogP contribution in [0.1, 0.15) is 13.3 Å². The highest BCUT2D eigenvalue weighted by molar-refractivity contribution is 7.98. The molecule has 0 aliphatic carbocycles. The van der Waals surface area contributed by atoms with E-state index in [1.54, 1.807) is 11.8 Å². The molecule has 92 valence electrons. The first-order valence-electron chi connectivity index (χ1n) is 4.86. The van der Waals surface area contributed by atoms with Gasteiger partial charge in [0, 0.05) is 18.3 Å².